The van der Waals surface area contributed by atoms with Crippen molar-refractivity contribution in [2.75, 3.05) is 11.9 Å². The Morgan fingerprint density at radius 2 is 2.04 bits per heavy atom. The van der Waals surface area contributed by atoms with Gasteiger partial charge in [-0.3, -0.25) is 5.32 Å². The van der Waals surface area contributed by atoms with Gasteiger partial charge in [-0.2, -0.15) is 0 Å². The number of thiazole rings is 1. The van der Waals surface area contributed by atoms with E-state index in [4.69, 9.17) is 0 Å². The Bertz CT molecular complexity index is 950. The fourth-order valence-electron chi connectivity index (χ4n) is 2.21. The molecule has 0 aliphatic rings. The van der Waals surface area contributed by atoms with Crippen LogP contribution in [0.2, 0.25) is 0 Å². The molecule has 4 nitrogen and oxygen atoms in total. The summed E-state index contributed by atoms with van der Waals surface area (Å²) in [7, 11) is 0. The van der Waals surface area contributed by atoms with Crippen LogP contribution in [0.1, 0.15) is 23.6 Å². The molecule has 1 aromatic heterocycles. The second kappa shape index (κ2) is 7.16. The van der Waals surface area contributed by atoms with Gasteiger partial charge in [0.2, 0.25) is 0 Å². The van der Waals surface area contributed by atoms with E-state index >= 15 is 0 Å². The summed E-state index contributed by atoms with van der Waals surface area (Å²) in [6.45, 7) is 4.50. The van der Waals surface area contributed by atoms with E-state index < -0.39 is 0 Å². The Morgan fingerprint density at radius 3 is 2.83 bits per heavy atom. The van der Waals surface area contributed by atoms with Gasteiger partial charge in [0.05, 0.1) is 10.2 Å². The van der Waals surface area contributed by atoms with E-state index in [1.807, 2.05) is 43.3 Å². The van der Waals surface area contributed by atoms with E-state index in [1.54, 1.807) is 0 Å². The van der Waals surface area contributed by atoms with Crippen molar-refractivity contribution < 1.29 is 4.79 Å². The van der Waals surface area contributed by atoms with Crippen LogP contribution in [0.25, 0.3) is 10.2 Å². The Balaban J connectivity index is 1.84. The van der Waals surface area contributed by atoms with E-state index in [-0.39, 0.29) is 6.03 Å². The largest absolute Gasteiger partial charge is 0.338 e. The van der Waals surface area contributed by atoms with Crippen LogP contribution in [0.4, 0.5) is 9.93 Å². The van der Waals surface area contributed by atoms with Crippen molar-refractivity contribution in [2.45, 2.75) is 13.8 Å². The topological polar surface area (TPSA) is 54.0 Å². The Kier molecular flexibility index (Phi) is 4.78. The third kappa shape index (κ3) is 3.73. The molecule has 0 aliphatic heterocycles. The summed E-state index contributed by atoms with van der Waals surface area (Å²) in [4.78, 5) is 16.0. The molecule has 2 N–H and O–H groups in total. The lowest BCUT2D eigenvalue weighted by molar-refractivity contribution is 0.252. The number of aryl methyl sites for hydroxylation is 1. The van der Waals surface area contributed by atoms with Gasteiger partial charge in [0.1, 0.15) is 0 Å². The van der Waals surface area contributed by atoms with E-state index in [2.05, 4.69) is 40.4 Å². The maximum atomic E-state index is 11.6. The first-order chi connectivity index (χ1) is 11.7. The van der Waals surface area contributed by atoms with Crippen molar-refractivity contribution in [3.8, 4) is 11.8 Å². The van der Waals surface area contributed by atoms with Gasteiger partial charge in [-0.1, -0.05) is 41.4 Å². The molecule has 2 aromatic carbocycles. The maximum absolute atomic E-state index is 11.6. The fraction of sp³-hybridized carbons (Fsp3) is 0.158. The monoisotopic (exact) mass is 335 g/mol. The second-order valence-corrected chi connectivity index (χ2v) is 6.28. The van der Waals surface area contributed by atoms with Crippen molar-refractivity contribution in [3.05, 3.63) is 59.2 Å². The molecule has 3 aromatic rings. The molecular weight excluding hydrogens is 318 g/mol. The van der Waals surface area contributed by atoms with Crippen LogP contribution in [0, 0.1) is 18.8 Å². The molecule has 24 heavy (non-hydrogen) atoms. The smallest absolute Gasteiger partial charge is 0.321 e. The number of benzene rings is 2. The second-order valence-electron chi connectivity index (χ2n) is 5.25. The minimum Gasteiger partial charge on any atom is -0.338 e. The van der Waals surface area contributed by atoms with Crippen LogP contribution in [0.3, 0.4) is 0 Å². The molecule has 3 rings (SSSR count). The number of anilines is 1. The van der Waals surface area contributed by atoms with Gasteiger partial charge < -0.3 is 5.32 Å². The maximum Gasteiger partial charge on any atom is 0.321 e. The Morgan fingerprint density at radius 1 is 1.21 bits per heavy atom. The molecule has 0 fully saturated rings. The summed E-state index contributed by atoms with van der Waals surface area (Å²) in [5, 5.41) is 6.01. The third-order valence-corrected chi connectivity index (χ3v) is 4.37. The number of nitrogens with zero attached hydrogens (tertiary/aromatic N) is 1. The lowest BCUT2D eigenvalue weighted by Crippen LogP contribution is -2.28. The number of hydrogen-bond acceptors (Lipinski definition) is 3. The zero-order chi connectivity index (χ0) is 16.9. The van der Waals surface area contributed by atoms with E-state index in [1.165, 1.54) is 11.3 Å². The first-order valence-electron chi connectivity index (χ1n) is 7.69. The van der Waals surface area contributed by atoms with Crippen molar-refractivity contribution in [1.29, 1.82) is 0 Å². The molecule has 0 unspecified atom stereocenters. The summed E-state index contributed by atoms with van der Waals surface area (Å²) in [6, 6.07) is 13.7. The molecule has 2 amide bonds. The van der Waals surface area contributed by atoms with Crippen LogP contribution in [-0.2, 0) is 0 Å². The first kappa shape index (κ1) is 16.0. The highest BCUT2D eigenvalue weighted by Gasteiger charge is 2.07. The van der Waals surface area contributed by atoms with Crippen molar-refractivity contribution in [2.24, 2.45) is 0 Å². The number of fused-ring (bicyclic) bond motifs is 1. The minimum atomic E-state index is -0.240. The van der Waals surface area contributed by atoms with Gasteiger partial charge in [0.25, 0.3) is 0 Å². The SMILES string of the molecule is CCNC(=O)Nc1nc2ccc(C#Cc3ccccc3C)cc2s1. The van der Waals surface area contributed by atoms with Gasteiger partial charge in [-0.15, -0.1) is 0 Å². The van der Waals surface area contributed by atoms with Gasteiger partial charge in [-0.05, 0) is 43.7 Å². The molecule has 0 radical (unpaired) electrons. The van der Waals surface area contributed by atoms with Gasteiger partial charge in [-0.25, -0.2) is 9.78 Å². The van der Waals surface area contributed by atoms with Gasteiger partial charge >= 0.3 is 6.03 Å². The quantitative estimate of drug-likeness (QED) is 0.691. The highest BCUT2D eigenvalue weighted by Crippen LogP contribution is 2.26. The van der Waals surface area contributed by atoms with E-state index in [0.717, 1.165) is 26.9 Å². The lowest BCUT2D eigenvalue weighted by atomic mass is 10.1. The van der Waals surface area contributed by atoms with Crippen molar-refractivity contribution in [3.63, 3.8) is 0 Å². The van der Waals surface area contributed by atoms with Crippen LogP contribution in [0.5, 0.6) is 0 Å². The number of carbonyl (C=O) groups is 1. The highest BCUT2D eigenvalue weighted by atomic mass is 32.1. The standard InChI is InChI=1S/C19H17N3OS/c1-3-20-18(23)22-19-21-16-11-9-14(12-17(16)24-19)8-10-15-7-5-4-6-13(15)2/h4-7,9,11-12H,3H2,1-2H3,(H2,20,21,22,23). The summed E-state index contributed by atoms with van der Waals surface area (Å²) >= 11 is 1.44. The number of rotatable bonds is 2. The average molecular weight is 335 g/mol. The van der Waals surface area contributed by atoms with Gasteiger partial charge in [0.15, 0.2) is 5.13 Å². The van der Waals surface area contributed by atoms with Crippen LogP contribution >= 0.6 is 11.3 Å². The fourth-order valence-corrected chi connectivity index (χ4v) is 3.11. The molecule has 0 spiro atoms. The lowest BCUT2D eigenvalue weighted by Gasteiger charge is -2.00. The number of nitrogens with one attached hydrogen (secondary N) is 2. The molecule has 5 heteroatoms. The van der Waals surface area contributed by atoms with E-state index in [0.29, 0.717) is 11.7 Å². The third-order valence-electron chi connectivity index (χ3n) is 3.43. The number of aromatic nitrogens is 1. The summed E-state index contributed by atoms with van der Waals surface area (Å²) in [5.41, 5.74) is 3.98. The number of amides is 2. The molecule has 1 heterocycles. The van der Waals surface area contributed by atoms with Gasteiger partial charge in [0, 0.05) is 17.7 Å². The Hall–Kier alpha value is -2.84. The Labute approximate surface area is 144 Å². The molecule has 0 saturated carbocycles. The normalized spacial score (nSPS) is 10.1. The number of hydrogen-bond donors (Lipinski definition) is 2. The van der Waals surface area contributed by atoms with Crippen LogP contribution in [0.15, 0.2) is 42.5 Å². The molecular formula is C19H17N3OS. The molecule has 120 valence electrons. The summed E-state index contributed by atoms with van der Waals surface area (Å²) in [5.74, 6) is 6.40. The summed E-state index contributed by atoms with van der Waals surface area (Å²) < 4.78 is 0.999. The minimum absolute atomic E-state index is 0.240. The van der Waals surface area contributed by atoms with Crippen LogP contribution in [-0.4, -0.2) is 17.6 Å². The predicted molar refractivity (Wildman–Crippen MR) is 99.5 cm³/mol. The van der Waals surface area contributed by atoms with Crippen molar-refractivity contribution >= 4 is 32.7 Å². The first-order valence-corrected chi connectivity index (χ1v) is 8.50. The molecule has 0 bridgehead atoms. The zero-order valence-electron chi connectivity index (χ0n) is 13.5. The number of urea groups is 1. The predicted octanol–water partition coefficient (Wildman–Crippen LogP) is 4.15. The molecule has 0 atom stereocenters. The molecule has 0 saturated heterocycles. The average Bonchev–Trinajstić information content (AvgIpc) is 2.95. The molecule has 0 aliphatic carbocycles. The highest BCUT2D eigenvalue weighted by molar-refractivity contribution is 7.22. The van der Waals surface area contributed by atoms with E-state index in [9.17, 15) is 4.79 Å². The number of carbonyl (C=O) groups excluding carboxylic acids is 1. The van der Waals surface area contributed by atoms with Crippen LogP contribution < -0.4 is 10.6 Å². The summed E-state index contributed by atoms with van der Waals surface area (Å²) in [6.07, 6.45) is 0. The zero-order valence-corrected chi connectivity index (χ0v) is 14.3. The van der Waals surface area contributed by atoms with Crippen molar-refractivity contribution in [1.82, 2.24) is 10.3 Å².